The first-order valence-electron chi connectivity index (χ1n) is 7.60. The van der Waals surface area contributed by atoms with E-state index in [-0.39, 0.29) is 18.0 Å². The van der Waals surface area contributed by atoms with Gasteiger partial charge in [0.2, 0.25) is 5.91 Å². The van der Waals surface area contributed by atoms with E-state index in [1.54, 1.807) is 4.90 Å². The van der Waals surface area contributed by atoms with E-state index in [0.29, 0.717) is 30.8 Å². The zero-order valence-corrected chi connectivity index (χ0v) is 15.3. The molecule has 2 amide bonds. The standard InChI is InChI=1S/C16H18BrFN2O5/c1-19(9-14(21)20-4-6-24-7-5-20)15(22)10-25-16(23)12-8-11(18)2-3-13(12)17/h2-3,8H,4-7,9-10H2,1H3. The molecule has 1 saturated heterocycles. The van der Waals surface area contributed by atoms with Crippen molar-refractivity contribution in [2.75, 3.05) is 46.5 Å². The average Bonchev–Trinajstić information content (AvgIpc) is 2.62. The highest BCUT2D eigenvalue weighted by atomic mass is 79.9. The highest BCUT2D eigenvalue weighted by molar-refractivity contribution is 9.10. The van der Waals surface area contributed by atoms with E-state index < -0.39 is 24.3 Å². The molecule has 7 nitrogen and oxygen atoms in total. The first kappa shape index (κ1) is 19.3. The molecule has 1 aliphatic rings. The molecule has 25 heavy (non-hydrogen) atoms. The second-order valence-electron chi connectivity index (χ2n) is 5.44. The number of amides is 2. The molecule has 1 aromatic rings. The summed E-state index contributed by atoms with van der Waals surface area (Å²) in [5.41, 5.74) is -0.0140. The smallest absolute Gasteiger partial charge is 0.339 e. The quantitative estimate of drug-likeness (QED) is 0.670. The summed E-state index contributed by atoms with van der Waals surface area (Å²) in [7, 11) is 1.45. The van der Waals surface area contributed by atoms with Crippen LogP contribution in [0.1, 0.15) is 10.4 Å². The summed E-state index contributed by atoms with van der Waals surface area (Å²) in [5.74, 6) is -2.14. The van der Waals surface area contributed by atoms with Crippen LogP contribution >= 0.6 is 15.9 Å². The number of carbonyl (C=O) groups is 3. The number of hydrogen-bond donors (Lipinski definition) is 0. The van der Waals surface area contributed by atoms with E-state index in [2.05, 4.69) is 15.9 Å². The fourth-order valence-electron chi connectivity index (χ4n) is 2.17. The van der Waals surface area contributed by atoms with Crippen molar-refractivity contribution in [1.82, 2.24) is 9.80 Å². The SMILES string of the molecule is CN(CC(=O)N1CCOCC1)C(=O)COC(=O)c1cc(F)ccc1Br. The van der Waals surface area contributed by atoms with Crippen LogP contribution in [0.4, 0.5) is 4.39 Å². The maximum Gasteiger partial charge on any atom is 0.339 e. The van der Waals surface area contributed by atoms with E-state index in [4.69, 9.17) is 9.47 Å². The fraction of sp³-hybridized carbons (Fsp3) is 0.438. The lowest BCUT2D eigenvalue weighted by molar-refractivity contribution is -0.143. The summed E-state index contributed by atoms with van der Waals surface area (Å²) in [5, 5.41) is 0. The van der Waals surface area contributed by atoms with Crippen molar-refractivity contribution in [2.24, 2.45) is 0 Å². The van der Waals surface area contributed by atoms with Gasteiger partial charge in [-0.3, -0.25) is 9.59 Å². The van der Waals surface area contributed by atoms with Gasteiger partial charge in [-0.05, 0) is 34.1 Å². The zero-order valence-electron chi connectivity index (χ0n) is 13.7. The molecule has 1 heterocycles. The minimum atomic E-state index is -0.826. The summed E-state index contributed by atoms with van der Waals surface area (Å²) < 4.78 is 23.6. The van der Waals surface area contributed by atoms with Gasteiger partial charge in [-0.25, -0.2) is 9.18 Å². The van der Waals surface area contributed by atoms with Gasteiger partial charge < -0.3 is 19.3 Å². The van der Waals surface area contributed by atoms with E-state index in [9.17, 15) is 18.8 Å². The van der Waals surface area contributed by atoms with Crippen LogP contribution in [-0.2, 0) is 19.1 Å². The fourth-order valence-corrected chi connectivity index (χ4v) is 2.58. The van der Waals surface area contributed by atoms with Crippen molar-refractivity contribution in [2.45, 2.75) is 0 Å². The van der Waals surface area contributed by atoms with Crippen LogP contribution in [0.15, 0.2) is 22.7 Å². The summed E-state index contributed by atoms with van der Waals surface area (Å²) in [6.45, 7) is 1.29. The van der Waals surface area contributed by atoms with Gasteiger partial charge >= 0.3 is 5.97 Å². The molecule has 2 rings (SSSR count). The molecule has 0 radical (unpaired) electrons. The van der Waals surface area contributed by atoms with Gasteiger partial charge in [-0.15, -0.1) is 0 Å². The van der Waals surface area contributed by atoms with Gasteiger partial charge in [0.25, 0.3) is 5.91 Å². The minimum Gasteiger partial charge on any atom is -0.452 e. The minimum absolute atomic E-state index is 0.0140. The molecule has 0 unspecified atom stereocenters. The Morgan fingerprint density at radius 2 is 2.00 bits per heavy atom. The monoisotopic (exact) mass is 416 g/mol. The molecule has 0 aliphatic carbocycles. The molecule has 0 N–H and O–H groups in total. The van der Waals surface area contributed by atoms with E-state index >= 15 is 0 Å². The van der Waals surface area contributed by atoms with Gasteiger partial charge in [-0.2, -0.15) is 0 Å². The van der Waals surface area contributed by atoms with Crippen LogP contribution in [0.2, 0.25) is 0 Å². The maximum atomic E-state index is 13.2. The Morgan fingerprint density at radius 1 is 1.32 bits per heavy atom. The third kappa shape index (κ3) is 5.50. The molecule has 0 bridgehead atoms. The van der Waals surface area contributed by atoms with Crippen LogP contribution in [0.5, 0.6) is 0 Å². The largest absolute Gasteiger partial charge is 0.452 e. The van der Waals surface area contributed by atoms with Gasteiger partial charge in [0.05, 0.1) is 25.3 Å². The molecule has 9 heteroatoms. The maximum absolute atomic E-state index is 13.2. The molecule has 0 spiro atoms. The molecule has 1 fully saturated rings. The lowest BCUT2D eigenvalue weighted by Crippen LogP contribution is -2.46. The predicted octanol–water partition coefficient (Wildman–Crippen LogP) is 1.06. The second-order valence-corrected chi connectivity index (χ2v) is 6.30. The normalized spacial score (nSPS) is 14.1. The third-order valence-electron chi connectivity index (χ3n) is 3.64. The number of ether oxygens (including phenoxy) is 2. The number of likely N-dealkylation sites (N-methyl/N-ethyl adjacent to an activating group) is 1. The lowest BCUT2D eigenvalue weighted by Gasteiger charge is -2.28. The molecular formula is C16H18BrFN2O5. The highest BCUT2D eigenvalue weighted by Gasteiger charge is 2.21. The van der Waals surface area contributed by atoms with Crippen molar-refractivity contribution < 1.29 is 28.2 Å². The molecule has 136 valence electrons. The number of hydrogen-bond acceptors (Lipinski definition) is 5. The average molecular weight is 417 g/mol. The van der Waals surface area contributed by atoms with Crippen molar-refractivity contribution in [3.8, 4) is 0 Å². The molecule has 1 aliphatic heterocycles. The number of benzene rings is 1. The first-order chi connectivity index (χ1) is 11.9. The number of nitrogens with zero attached hydrogens (tertiary/aromatic N) is 2. The number of esters is 1. The zero-order chi connectivity index (χ0) is 18.4. The van der Waals surface area contributed by atoms with E-state index in [0.717, 1.165) is 6.07 Å². The topological polar surface area (TPSA) is 76.2 Å². The van der Waals surface area contributed by atoms with Crippen LogP contribution in [0.3, 0.4) is 0 Å². The van der Waals surface area contributed by atoms with Crippen LogP contribution in [0, 0.1) is 5.82 Å². The van der Waals surface area contributed by atoms with E-state index in [1.165, 1.54) is 24.1 Å². The van der Waals surface area contributed by atoms with Crippen molar-refractivity contribution in [3.05, 3.63) is 34.1 Å². The number of rotatable bonds is 5. The predicted molar refractivity (Wildman–Crippen MR) is 89.4 cm³/mol. The Hall–Kier alpha value is -2.00. The molecule has 1 aromatic carbocycles. The Morgan fingerprint density at radius 3 is 2.68 bits per heavy atom. The summed E-state index contributed by atoms with van der Waals surface area (Å²) in [4.78, 5) is 38.8. The van der Waals surface area contributed by atoms with Crippen LogP contribution < -0.4 is 0 Å². The van der Waals surface area contributed by atoms with Gasteiger partial charge in [-0.1, -0.05) is 0 Å². The van der Waals surface area contributed by atoms with Crippen molar-refractivity contribution >= 4 is 33.7 Å². The second kappa shape index (κ2) is 8.91. The van der Waals surface area contributed by atoms with Gasteiger partial charge in [0.1, 0.15) is 5.82 Å². The molecule has 0 aromatic heterocycles. The Balaban J connectivity index is 1.83. The van der Waals surface area contributed by atoms with Crippen molar-refractivity contribution in [1.29, 1.82) is 0 Å². The molecule has 0 atom stereocenters. The van der Waals surface area contributed by atoms with Gasteiger partial charge in [0.15, 0.2) is 6.61 Å². The van der Waals surface area contributed by atoms with Crippen molar-refractivity contribution in [3.63, 3.8) is 0 Å². The summed E-state index contributed by atoms with van der Waals surface area (Å²) in [6, 6.07) is 3.58. The Bertz CT molecular complexity index is 664. The Labute approximate surface area is 152 Å². The van der Waals surface area contributed by atoms with Crippen LogP contribution in [0.25, 0.3) is 0 Å². The Kier molecular flexibility index (Phi) is 6.89. The number of carbonyl (C=O) groups excluding carboxylic acids is 3. The number of halogens is 2. The molecule has 0 saturated carbocycles. The molecular weight excluding hydrogens is 399 g/mol. The summed E-state index contributed by atoms with van der Waals surface area (Å²) >= 11 is 3.12. The summed E-state index contributed by atoms with van der Waals surface area (Å²) in [6.07, 6.45) is 0. The number of morpholine rings is 1. The lowest BCUT2D eigenvalue weighted by atomic mass is 10.2. The van der Waals surface area contributed by atoms with Gasteiger partial charge in [0, 0.05) is 24.6 Å². The highest BCUT2D eigenvalue weighted by Crippen LogP contribution is 2.18. The van der Waals surface area contributed by atoms with Crippen LogP contribution in [-0.4, -0.2) is 74.1 Å². The first-order valence-corrected chi connectivity index (χ1v) is 8.39. The third-order valence-corrected chi connectivity index (χ3v) is 4.33. The van der Waals surface area contributed by atoms with E-state index in [1.807, 2.05) is 0 Å².